The molecule has 0 amide bonds. The number of ether oxygens (including phenoxy) is 1. The van der Waals surface area contributed by atoms with E-state index in [1.807, 2.05) is 32.2 Å². The molecule has 1 aliphatic heterocycles. The SMILES string of the molecule is Cc1noc(C)c1-c1cnc2c3ccc(C=O)nc3n(C(c3ccccc3)C3CCOCC3)c2c1. The number of hydrogen-bond donors (Lipinski definition) is 0. The molecule has 4 aromatic heterocycles. The van der Waals surface area contributed by atoms with Gasteiger partial charge in [0.2, 0.25) is 0 Å². The molecule has 0 aliphatic carbocycles. The quantitative estimate of drug-likeness (QED) is 0.310. The van der Waals surface area contributed by atoms with Gasteiger partial charge in [-0.1, -0.05) is 35.5 Å². The predicted octanol–water partition coefficient (Wildman–Crippen LogP) is 5.68. The van der Waals surface area contributed by atoms with E-state index in [1.54, 1.807) is 6.07 Å². The summed E-state index contributed by atoms with van der Waals surface area (Å²) in [6, 6.07) is 16.4. The van der Waals surface area contributed by atoms with E-state index in [9.17, 15) is 4.79 Å². The minimum atomic E-state index is 0.0243. The Bertz CT molecular complexity index is 1510. The van der Waals surface area contributed by atoms with Crippen LogP contribution >= 0.6 is 0 Å². The monoisotopic (exact) mass is 466 g/mol. The highest BCUT2D eigenvalue weighted by molar-refractivity contribution is 6.06. The van der Waals surface area contributed by atoms with Crippen LogP contribution in [0.5, 0.6) is 0 Å². The van der Waals surface area contributed by atoms with Gasteiger partial charge in [-0.25, -0.2) is 4.98 Å². The zero-order valence-electron chi connectivity index (χ0n) is 19.8. The largest absolute Gasteiger partial charge is 0.381 e. The number of benzene rings is 1. The first-order valence-corrected chi connectivity index (χ1v) is 12.0. The van der Waals surface area contributed by atoms with Crippen LogP contribution in [0.4, 0.5) is 0 Å². The Labute approximate surface area is 202 Å². The molecule has 5 heterocycles. The minimum absolute atomic E-state index is 0.0243. The molecule has 1 saturated heterocycles. The van der Waals surface area contributed by atoms with Gasteiger partial charge in [0.25, 0.3) is 0 Å². The Kier molecular flexibility index (Phi) is 5.41. The molecule has 0 radical (unpaired) electrons. The van der Waals surface area contributed by atoms with Crippen molar-refractivity contribution < 1.29 is 14.1 Å². The van der Waals surface area contributed by atoms with Gasteiger partial charge in [0.05, 0.1) is 22.8 Å². The molecule has 5 aromatic rings. The number of hydrogen-bond acceptors (Lipinski definition) is 6. The summed E-state index contributed by atoms with van der Waals surface area (Å²) in [6.45, 7) is 5.33. The van der Waals surface area contributed by atoms with E-state index < -0.39 is 0 Å². The van der Waals surface area contributed by atoms with Crippen molar-refractivity contribution in [1.29, 1.82) is 0 Å². The average Bonchev–Trinajstić information content (AvgIpc) is 3.41. The van der Waals surface area contributed by atoms with Gasteiger partial charge >= 0.3 is 0 Å². The highest BCUT2D eigenvalue weighted by Crippen LogP contribution is 2.41. The summed E-state index contributed by atoms with van der Waals surface area (Å²) in [5.74, 6) is 1.12. The second-order valence-electron chi connectivity index (χ2n) is 9.19. The van der Waals surface area contributed by atoms with Gasteiger partial charge in [0.1, 0.15) is 17.1 Å². The van der Waals surface area contributed by atoms with Gasteiger partial charge in [-0.05, 0) is 56.4 Å². The summed E-state index contributed by atoms with van der Waals surface area (Å²) in [6.07, 6.45) is 4.57. The van der Waals surface area contributed by atoms with Crippen molar-refractivity contribution in [2.24, 2.45) is 5.92 Å². The summed E-state index contributed by atoms with van der Waals surface area (Å²) in [4.78, 5) is 21.4. The maximum absolute atomic E-state index is 11.7. The van der Waals surface area contributed by atoms with Gasteiger partial charge in [-0.2, -0.15) is 0 Å². The van der Waals surface area contributed by atoms with Crippen LogP contribution in [0, 0.1) is 19.8 Å². The van der Waals surface area contributed by atoms with Crippen molar-refractivity contribution in [1.82, 2.24) is 19.7 Å². The van der Waals surface area contributed by atoms with E-state index >= 15 is 0 Å². The van der Waals surface area contributed by atoms with Crippen LogP contribution < -0.4 is 0 Å². The fourth-order valence-electron chi connectivity index (χ4n) is 5.48. The highest BCUT2D eigenvalue weighted by atomic mass is 16.5. The third kappa shape index (κ3) is 3.63. The Morgan fingerprint density at radius 2 is 1.89 bits per heavy atom. The number of nitrogens with zero attached hydrogens (tertiary/aromatic N) is 4. The molecule has 1 atom stereocenters. The minimum Gasteiger partial charge on any atom is -0.381 e. The highest BCUT2D eigenvalue weighted by Gasteiger charge is 2.31. The maximum atomic E-state index is 11.7. The predicted molar refractivity (Wildman–Crippen MR) is 134 cm³/mol. The molecule has 0 spiro atoms. The van der Waals surface area contributed by atoms with Crippen LogP contribution in [0.3, 0.4) is 0 Å². The number of aldehydes is 1. The van der Waals surface area contributed by atoms with Crippen LogP contribution in [0.2, 0.25) is 0 Å². The van der Waals surface area contributed by atoms with Gasteiger partial charge in [-0.15, -0.1) is 0 Å². The van der Waals surface area contributed by atoms with Crippen LogP contribution in [-0.4, -0.2) is 39.2 Å². The summed E-state index contributed by atoms with van der Waals surface area (Å²) in [5.41, 5.74) is 6.98. The molecular weight excluding hydrogens is 440 g/mol. The Balaban J connectivity index is 1.68. The smallest absolute Gasteiger partial charge is 0.168 e. The van der Waals surface area contributed by atoms with Crippen LogP contribution in [0.25, 0.3) is 33.2 Å². The molecule has 0 saturated carbocycles. The molecule has 6 rings (SSSR count). The van der Waals surface area contributed by atoms with E-state index in [2.05, 4.69) is 40.1 Å². The topological polar surface area (TPSA) is 83.0 Å². The molecule has 7 nitrogen and oxygen atoms in total. The van der Waals surface area contributed by atoms with Crippen LogP contribution in [0.1, 0.15) is 46.4 Å². The zero-order chi connectivity index (χ0) is 23.9. The number of carbonyl (C=O) groups excluding carboxylic acids is 1. The van der Waals surface area contributed by atoms with Crippen molar-refractivity contribution in [2.75, 3.05) is 13.2 Å². The molecule has 1 aliphatic rings. The number of fused-ring (bicyclic) bond motifs is 3. The number of aromatic nitrogens is 4. The first-order chi connectivity index (χ1) is 17.2. The summed E-state index contributed by atoms with van der Waals surface area (Å²) in [5, 5.41) is 5.08. The molecular formula is C28H26N4O3. The molecule has 1 aromatic carbocycles. The van der Waals surface area contributed by atoms with E-state index in [-0.39, 0.29) is 6.04 Å². The fraction of sp³-hybridized carbons (Fsp3) is 0.286. The normalized spacial score (nSPS) is 15.6. The summed E-state index contributed by atoms with van der Waals surface area (Å²) >= 11 is 0. The van der Waals surface area contributed by atoms with Gasteiger partial charge in [-0.3, -0.25) is 9.78 Å². The van der Waals surface area contributed by atoms with E-state index in [0.29, 0.717) is 11.6 Å². The van der Waals surface area contributed by atoms with Crippen molar-refractivity contribution >= 4 is 28.4 Å². The number of rotatable bonds is 5. The van der Waals surface area contributed by atoms with Gasteiger partial charge < -0.3 is 13.8 Å². The first kappa shape index (κ1) is 21.7. The number of carbonyl (C=O) groups is 1. The van der Waals surface area contributed by atoms with Crippen LogP contribution in [-0.2, 0) is 4.74 Å². The third-order valence-electron chi connectivity index (χ3n) is 7.08. The molecule has 0 bridgehead atoms. The van der Waals surface area contributed by atoms with E-state index in [0.717, 1.165) is 77.0 Å². The van der Waals surface area contributed by atoms with Gasteiger partial charge in [0, 0.05) is 35.9 Å². The molecule has 1 fully saturated rings. The second-order valence-corrected chi connectivity index (χ2v) is 9.19. The average molecular weight is 467 g/mol. The summed E-state index contributed by atoms with van der Waals surface area (Å²) < 4.78 is 13.4. The van der Waals surface area contributed by atoms with Gasteiger partial charge in [0.15, 0.2) is 6.29 Å². The second kappa shape index (κ2) is 8.74. The fourth-order valence-corrected chi connectivity index (χ4v) is 5.48. The van der Waals surface area contributed by atoms with Crippen LogP contribution in [0.15, 0.2) is 59.3 Å². The van der Waals surface area contributed by atoms with Crippen molar-refractivity contribution in [3.05, 3.63) is 77.4 Å². The Morgan fingerprint density at radius 1 is 1.09 bits per heavy atom. The molecule has 35 heavy (non-hydrogen) atoms. The molecule has 0 N–H and O–H groups in total. The molecule has 176 valence electrons. The third-order valence-corrected chi connectivity index (χ3v) is 7.08. The lowest BCUT2D eigenvalue weighted by Gasteiger charge is -2.32. The Hall–Kier alpha value is -3.84. The summed E-state index contributed by atoms with van der Waals surface area (Å²) in [7, 11) is 0. The lowest BCUT2D eigenvalue weighted by Crippen LogP contribution is -2.27. The lowest BCUT2D eigenvalue weighted by atomic mass is 9.86. The van der Waals surface area contributed by atoms with E-state index in [1.165, 1.54) is 5.56 Å². The maximum Gasteiger partial charge on any atom is 0.168 e. The Morgan fingerprint density at radius 3 is 2.60 bits per heavy atom. The van der Waals surface area contributed by atoms with Crippen molar-refractivity contribution in [3.63, 3.8) is 0 Å². The number of aryl methyl sites for hydroxylation is 2. The zero-order valence-corrected chi connectivity index (χ0v) is 19.8. The molecule has 7 heteroatoms. The van der Waals surface area contributed by atoms with Crippen molar-refractivity contribution in [2.45, 2.75) is 32.7 Å². The van der Waals surface area contributed by atoms with Crippen molar-refractivity contribution in [3.8, 4) is 11.1 Å². The van der Waals surface area contributed by atoms with E-state index in [4.69, 9.17) is 19.2 Å². The first-order valence-electron chi connectivity index (χ1n) is 12.0. The molecule has 1 unspecified atom stereocenters. The standard InChI is InChI=1S/C28H26N4O3/c1-17-25(18(2)35-31-17)21-14-24-26(29-15-21)23-9-8-22(16-33)30-28(23)32(24)27(19-6-4-3-5-7-19)20-10-12-34-13-11-20/h3-9,14-16,20,27H,10-13H2,1-2H3. The lowest BCUT2D eigenvalue weighted by molar-refractivity contribution is 0.0552. The number of pyridine rings is 2.